The second kappa shape index (κ2) is 10.3. The molecule has 2 N–H and O–H groups in total. The van der Waals surface area contributed by atoms with Gasteiger partial charge in [-0.25, -0.2) is 18.4 Å². The minimum absolute atomic E-state index is 0.0796. The van der Waals surface area contributed by atoms with Crippen LogP contribution in [0.1, 0.15) is 67.1 Å². The first-order valence-corrected chi connectivity index (χ1v) is 11.4. The largest absolute Gasteiger partial charge is 0.479 e. The lowest BCUT2D eigenvalue weighted by molar-refractivity contribution is -0.175. The number of nitrogens with one attached hydrogen (secondary N) is 1. The van der Waals surface area contributed by atoms with Crippen molar-refractivity contribution < 1.29 is 28.3 Å². The van der Waals surface area contributed by atoms with Gasteiger partial charge in [0.1, 0.15) is 0 Å². The maximum atomic E-state index is 13.5. The molecule has 1 aliphatic carbocycles. The fourth-order valence-electron chi connectivity index (χ4n) is 4.30. The lowest BCUT2D eigenvalue weighted by Gasteiger charge is -2.45. The number of aryl methyl sites for hydroxylation is 1. The van der Waals surface area contributed by atoms with Gasteiger partial charge in [-0.2, -0.15) is 0 Å². The quantitative estimate of drug-likeness (QED) is 0.366. The molecular weight excluding hydrogens is 442 g/mol. The third kappa shape index (κ3) is 5.98. The number of unbranched alkanes of at least 4 members (excludes halogenated alkanes) is 1. The molecule has 0 aliphatic heterocycles. The zero-order chi connectivity index (χ0) is 24.9. The van der Waals surface area contributed by atoms with Crippen molar-refractivity contribution in [3.05, 3.63) is 71.3 Å². The molecule has 1 saturated carbocycles. The van der Waals surface area contributed by atoms with Crippen LogP contribution in [0.5, 0.6) is 0 Å². The predicted octanol–water partition coefficient (Wildman–Crippen LogP) is 5.24. The Hall–Kier alpha value is -3.29. The lowest BCUT2D eigenvalue weighted by Crippen LogP contribution is -2.68. The van der Waals surface area contributed by atoms with Crippen LogP contribution in [0.15, 0.2) is 54.6 Å². The van der Waals surface area contributed by atoms with Crippen LogP contribution in [0.2, 0.25) is 0 Å². The van der Waals surface area contributed by atoms with Crippen molar-refractivity contribution in [2.45, 2.75) is 63.5 Å². The van der Waals surface area contributed by atoms with Gasteiger partial charge in [-0.3, -0.25) is 4.79 Å². The van der Waals surface area contributed by atoms with E-state index >= 15 is 0 Å². The fraction of sp³-hybridized carbons (Fsp3) is 0.423. The molecule has 0 saturated heterocycles. The molecule has 2 aromatic rings. The third-order valence-electron chi connectivity index (χ3n) is 6.36. The fourth-order valence-corrected chi connectivity index (χ4v) is 4.30. The molecule has 0 radical (unpaired) electrons. The van der Waals surface area contributed by atoms with Gasteiger partial charge in [0.05, 0.1) is 6.04 Å². The molecule has 2 amide bonds. The number of carboxylic acid groups (broad SMARTS) is 1. The van der Waals surface area contributed by atoms with Crippen LogP contribution in [0.25, 0.3) is 0 Å². The highest BCUT2D eigenvalue weighted by Crippen LogP contribution is 2.46. The molecule has 3 rings (SSSR count). The van der Waals surface area contributed by atoms with Crippen molar-refractivity contribution in [1.29, 1.82) is 0 Å². The number of Topliss-reactive ketones (excluding diaryl/α,β-unsaturated/α-hetero) is 1. The normalized spacial score (nSPS) is 16.7. The highest BCUT2D eigenvalue weighted by molar-refractivity contribution is 5.94. The molecular formula is C26H30F2N2O4. The van der Waals surface area contributed by atoms with Gasteiger partial charge in [-0.15, -0.1) is 0 Å². The SMILES string of the molecule is CC(=O)c1ccc(C(C)N(CCCCc2ccccc2)C(=O)NC2(C(=O)O)CC(F)(F)C2)cc1. The topological polar surface area (TPSA) is 86.7 Å². The third-order valence-corrected chi connectivity index (χ3v) is 6.36. The minimum Gasteiger partial charge on any atom is -0.479 e. The number of carbonyl (C=O) groups is 3. The highest BCUT2D eigenvalue weighted by Gasteiger charge is 2.62. The highest BCUT2D eigenvalue weighted by atomic mass is 19.3. The van der Waals surface area contributed by atoms with Crippen molar-refractivity contribution in [1.82, 2.24) is 10.2 Å². The molecule has 1 atom stereocenters. The van der Waals surface area contributed by atoms with Gasteiger partial charge in [-0.1, -0.05) is 54.6 Å². The molecule has 8 heteroatoms. The Morgan fingerprint density at radius 3 is 2.18 bits per heavy atom. The van der Waals surface area contributed by atoms with Crippen LogP contribution >= 0.6 is 0 Å². The van der Waals surface area contributed by atoms with E-state index in [0.717, 1.165) is 18.4 Å². The minimum atomic E-state index is -3.11. The first-order chi connectivity index (χ1) is 16.0. The zero-order valence-electron chi connectivity index (χ0n) is 19.4. The summed E-state index contributed by atoms with van der Waals surface area (Å²) >= 11 is 0. The van der Waals surface area contributed by atoms with Crippen LogP contribution in [0.3, 0.4) is 0 Å². The Morgan fingerprint density at radius 1 is 1.03 bits per heavy atom. The number of benzene rings is 2. The van der Waals surface area contributed by atoms with Gasteiger partial charge >= 0.3 is 12.0 Å². The molecule has 182 valence electrons. The number of hydrogen-bond acceptors (Lipinski definition) is 3. The number of alkyl halides is 2. The molecule has 0 heterocycles. The summed E-state index contributed by atoms with van der Waals surface area (Å²) in [6, 6.07) is 15.6. The van der Waals surface area contributed by atoms with Gasteiger partial charge in [0.2, 0.25) is 0 Å². The van der Waals surface area contributed by atoms with Crippen molar-refractivity contribution in [3.63, 3.8) is 0 Å². The average Bonchev–Trinajstić information content (AvgIpc) is 2.77. The Balaban J connectivity index is 1.73. The first-order valence-electron chi connectivity index (χ1n) is 11.4. The zero-order valence-corrected chi connectivity index (χ0v) is 19.4. The van der Waals surface area contributed by atoms with Crippen molar-refractivity contribution in [3.8, 4) is 0 Å². The number of carboxylic acids is 1. The molecule has 0 aromatic heterocycles. The van der Waals surface area contributed by atoms with Crippen LogP contribution in [-0.2, 0) is 11.2 Å². The second-order valence-electron chi connectivity index (χ2n) is 9.02. The number of halogens is 2. The van der Waals surface area contributed by atoms with Gasteiger partial charge in [0, 0.05) is 24.9 Å². The number of urea groups is 1. The van der Waals surface area contributed by atoms with E-state index in [1.165, 1.54) is 17.4 Å². The van der Waals surface area contributed by atoms with E-state index in [4.69, 9.17) is 0 Å². The van der Waals surface area contributed by atoms with Gasteiger partial charge in [0.15, 0.2) is 11.3 Å². The molecule has 1 unspecified atom stereocenters. The van der Waals surface area contributed by atoms with Crippen LogP contribution in [0.4, 0.5) is 13.6 Å². The molecule has 1 aliphatic rings. The molecule has 2 aromatic carbocycles. The van der Waals surface area contributed by atoms with Gasteiger partial charge in [0.25, 0.3) is 5.92 Å². The maximum absolute atomic E-state index is 13.5. The predicted molar refractivity (Wildman–Crippen MR) is 124 cm³/mol. The summed E-state index contributed by atoms with van der Waals surface area (Å²) in [6.45, 7) is 3.58. The van der Waals surface area contributed by atoms with E-state index in [2.05, 4.69) is 5.32 Å². The van der Waals surface area contributed by atoms with Crippen molar-refractivity contribution in [2.75, 3.05) is 6.54 Å². The molecule has 0 spiro atoms. The Bertz CT molecular complexity index is 1020. The van der Waals surface area contributed by atoms with Crippen LogP contribution < -0.4 is 5.32 Å². The summed E-state index contributed by atoms with van der Waals surface area (Å²) in [6.07, 6.45) is 0.416. The van der Waals surface area contributed by atoms with Crippen LogP contribution in [0, 0.1) is 0 Å². The summed E-state index contributed by atoms with van der Waals surface area (Å²) in [7, 11) is 0. The van der Waals surface area contributed by atoms with E-state index in [1.807, 2.05) is 30.3 Å². The smallest absolute Gasteiger partial charge is 0.329 e. The first kappa shape index (κ1) is 25.3. The number of amides is 2. The standard InChI is InChI=1S/C26H30F2N2O4/c1-18(21-11-13-22(14-12-21)19(2)31)30(15-7-6-10-20-8-4-3-5-9-20)24(34)29-25(23(32)33)16-26(27,28)17-25/h3-5,8-9,11-14,18H,6-7,10,15-17H2,1-2H3,(H,29,34)(H,32,33). The number of hydrogen-bond donors (Lipinski definition) is 2. The number of aliphatic carboxylic acids is 1. The Labute approximate surface area is 198 Å². The molecule has 0 bridgehead atoms. The molecule has 34 heavy (non-hydrogen) atoms. The summed E-state index contributed by atoms with van der Waals surface area (Å²) in [5.41, 5.74) is 0.497. The number of carbonyl (C=O) groups excluding carboxylic acids is 2. The Kier molecular flexibility index (Phi) is 7.69. The molecule has 6 nitrogen and oxygen atoms in total. The molecule has 1 fully saturated rings. The lowest BCUT2D eigenvalue weighted by atomic mass is 9.73. The number of nitrogens with zero attached hydrogens (tertiary/aromatic N) is 1. The summed E-state index contributed by atoms with van der Waals surface area (Å²) < 4.78 is 27.1. The van der Waals surface area contributed by atoms with E-state index < -0.39 is 42.3 Å². The van der Waals surface area contributed by atoms with Gasteiger partial charge in [-0.05, 0) is 44.2 Å². The monoisotopic (exact) mass is 472 g/mol. The number of ketones is 1. The summed E-state index contributed by atoms with van der Waals surface area (Å²) in [4.78, 5) is 37.9. The van der Waals surface area contributed by atoms with E-state index in [-0.39, 0.29) is 5.78 Å². The summed E-state index contributed by atoms with van der Waals surface area (Å²) in [5, 5.41) is 11.9. The number of rotatable bonds is 10. The van der Waals surface area contributed by atoms with Crippen molar-refractivity contribution in [2.24, 2.45) is 0 Å². The maximum Gasteiger partial charge on any atom is 0.329 e. The average molecular weight is 473 g/mol. The summed E-state index contributed by atoms with van der Waals surface area (Å²) in [5.74, 6) is -4.65. The van der Waals surface area contributed by atoms with Crippen LogP contribution in [-0.4, -0.2) is 45.8 Å². The van der Waals surface area contributed by atoms with Gasteiger partial charge < -0.3 is 15.3 Å². The second-order valence-corrected chi connectivity index (χ2v) is 9.02. The van der Waals surface area contributed by atoms with Crippen molar-refractivity contribution >= 4 is 17.8 Å². The van der Waals surface area contributed by atoms with E-state index in [9.17, 15) is 28.3 Å². The van der Waals surface area contributed by atoms with E-state index in [1.54, 1.807) is 31.2 Å². The van der Waals surface area contributed by atoms with E-state index in [0.29, 0.717) is 18.5 Å². The Morgan fingerprint density at radius 2 is 1.65 bits per heavy atom.